The van der Waals surface area contributed by atoms with Crippen molar-refractivity contribution in [1.82, 2.24) is 4.98 Å². The Labute approximate surface area is 98.8 Å². The SMILES string of the molecule is CC.CC(C)c1ccnc2cc(Br)oc12. The highest BCUT2D eigenvalue weighted by Crippen LogP contribution is 2.28. The minimum Gasteiger partial charge on any atom is -0.447 e. The van der Waals surface area contributed by atoms with E-state index in [4.69, 9.17) is 4.42 Å². The molecule has 0 atom stereocenters. The van der Waals surface area contributed by atoms with Crippen molar-refractivity contribution >= 4 is 27.0 Å². The molecular formula is C12H16BrNO. The maximum atomic E-state index is 5.51. The first-order chi connectivity index (χ1) is 7.18. The van der Waals surface area contributed by atoms with E-state index in [1.165, 1.54) is 5.56 Å². The lowest BCUT2D eigenvalue weighted by Crippen LogP contribution is -1.88. The zero-order chi connectivity index (χ0) is 11.4. The summed E-state index contributed by atoms with van der Waals surface area (Å²) in [7, 11) is 0. The number of halogens is 1. The summed E-state index contributed by atoms with van der Waals surface area (Å²) in [5.74, 6) is 0.462. The topological polar surface area (TPSA) is 26.0 Å². The van der Waals surface area contributed by atoms with E-state index in [9.17, 15) is 0 Å². The Balaban J connectivity index is 0.000000531. The molecule has 15 heavy (non-hydrogen) atoms. The molecule has 0 fully saturated rings. The smallest absolute Gasteiger partial charge is 0.172 e. The first kappa shape index (κ1) is 12.2. The van der Waals surface area contributed by atoms with Gasteiger partial charge >= 0.3 is 0 Å². The van der Waals surface area contributed by atoms with E-state index in [0.717, 1.165) is 15.8 Å². The van der Waals surface area contributed by atoms with Crippen LogP contribution in [0.1, 0.15) is 39.2 Å². The van der Waals surface area contributed by atoms with Gasteiger partial charge in [-0.25, -0.2) is 0 Å². The van der Waals surface area contributed by atoms with Gasteiger partial charge in [0, 0.05) is 17.8 Å². The quantitative estimate of drug-likeness (QED) is 0.748. The number of fused-ring (bicyclic) bond motifs is 1. The molecule has 82 valence electrons. The summed E-state index contributed by atoms with van der Waals surface area (Å²) in [4.78, 5) is 4.22. The van der Waals surface area contributed by atoms with Crippen molar-refractivity contribution in [3.8, 4) is 0 Å². The first-order valence-corrected chi connectivity index (χ1v) is 6.01. The lowest BCUT2D eigenvalue weighted by atomic mass is 10.0. The van der Waals surface area contributed by atoms with Crippen LogP contribution in [0.25, 0.3) is 11.1 Å². The molecular weight excluding hydrogens is 254 g/mol. The fourth-order valence-corrected chi connectivity index (χ4v) is 1.76. The predicted octanol–water partition coefficient (Wildman–Crippen LogP) is 4.74. The van der Waals surface area contributed by atoms with E-state index in [0.29, 0.717) is 5.92 Å². The average molecular weight is 270 g/mol. The molecule has 2 aromatic heterocycles. The monoisotopic (exact) mass is 269 g/mol. The van der Waals surface area contributed by atoms with Gasteiger partial charge in [-0.05, 0) is 27.9 Å². The highest BCUT2D eigenvalue weighted by Gasteiger charge is 2.09. The van der Waals surface area contributed by atoms with E-state index >= 15 is 0 Å². The van der Waals surface area contributed by atoms with Gasteiger partial charge in [-0.15, -0.1) is 0 Å². The number of pyridine rings is 1. The number of hydrogen-bond donors (Lipinski definition) is 0. The molecule has 0 unspecified atom stereocenters. The van der Waals surface area contributed by atoms with Gasteiger partial charge in [-0.3, -0.25) is 4.98 Å². The van der Waals surface area contributed by atoms with Gasteiger partial charge in [-0.2, -0.15) is 0 Å². The van der Waals surface area contributed by atoms with Crippen LogP contribution >= 0.6 is 15.9 Å². The Morgan fingerprint density at radius 1 is 1.33 bits per heavy atom. The van der Waals surface area contributed by atoms with Crippen molar-refractivity contribution in [1.29, 1.82) is 0 Å². The number of furan rings is 1. The zero-order valence-corrected chi connectivity index (χ0v) is 11.1. The van der Waals surface area contributed by atoms with E-state index in [-0.39, 0.29) is 0 Å². The van der Waals surface area contributed by atoms with Crippen LogP contribution in [0.15, 0.2) is 27.4 Å². The third-order valence-electron chi connectivity index (χ3n) is 2.03. The molecule has 2 nitrogen and oxygen atoms in total. The van der Waals surface area contributed by atoms with Gasteiger partial charge in [0.1, 0.15) is 5.52 Å². The van der Waals surface area contributed by atoms with Crippen molar-refractivity contribution in [2.24, 2.45) is 0 Å². The lowest BCUT2D eigenvalue weighted by Gasteiger charge is -2.03. The Hall–Kier alpha value is -0.830. The second-order valence-corrected chi connectivity index (χ2v) is 4.10. The summed E-state index contributed by atoms with van der Waals surface area (Å²) in [5.41, 5.74) is 3.01. The molecule has 0 bridgehead atoms. The van der Waals surface area contributed by atoms with Crippen LogP contribution < -0.4 is 0 Å². The third-order valence-corrected chi connectivity index (χ3v) is 2.43. The van der Waals surface area contributed by atoms with Crippen molar-refractivity contribution in [2.45, 2.75) is 33.6 Å². The van der Waals surface area contributed by atoms with Crippen LogP contribution in [-0.4, -0.2) is 4.98 Å². The molecule has 2 rings (SSSR count). The molecule has 0 N–H and O–H groups in total. The average Bonchev–Trinajstić information content (AvgIpc) is 2.60. The molecule has 0 radical (unpaired) electrons. The number of nitrogens with zero attached hydrogens (tertiary/aromatic N) is 1. The second-order valence-electron chi connectivity index (χ2n) is 3.32. The summed E-state index contributed by atoms with van der Waals surface area (Å²) < 4.78 is 6.25. The molecule has 2 aromatic rings. The Kier molecular flexibility index (Phi) is 4.33. The van der Waals surface area contributed by atoms with Crippen LogP contribution in [0.4, 0.5) is 0 Å². The Bertz CT molecular complexity index is 434. The normalized spacial score (nSPS) is 10.3. The van der Waals surface area contributed by atoms with E-state index in [1.807, 2.05) is 32.2 Å². The summed E-state index contributed by atoms with van der Waals surface area (Å²) in [6.07, 6.45) is 1.82. The number of rotatable bonds is 1. The van der Waals surface area contributed by atoms with Crippen LogP contribution in [0, 0.1) is 0 Å². The van der Waals surface area contributed by atoms with Gasteiger partial charge in [0.05, 0.1) is 0 Å². The van der Waals surface area contributed by atoms with Gasteiger partial charge in [0.15, 0.2) is 10.3 Å². The van der Waals surface area contributed by atoms with Crippen LogP contribution in [0.5, 0.6) is 0 Å². The maximum absolute atomic E-state index is 5.51. The van der Waals surface area contributed by atoms with Crippen molar-refractivity contribution in [3.63, 3.8) is 0 Å². The van der Waals surface area contributed by atoms with Crippen molar-refractivity contribution in [3.05, 3.63) is 28.6 Å². The van der Waals surface area contributed by atoms with Crippen molar-refractivity contribution < 1.29 is 4.42 Å². The molecule has 0 spiro atoms. The number of hydrogen-bond acceptors (Lipinski definition) is 2. The molecule has 0 aliphatic rings. The second kappa shape index (κ2) is 5.31. The molecule has 2 heterocycles. The standard InChI is InChI=1S/C10H10BrNO.C2H6/c1-6(2)7-3-4-12-8-5-9(11)13-10(7)8;1-2/h3-6H,1-2H3;1-2H3. The predicted molar refractivity (Wildman–Crippen MR) is 67.1 cm³/mol. The largest absolute Gasteiger partial charge is 0.447 e. The number of aromatic nitrogens is 1. The van der Waals surface area contributed by atoms with Gasteiger partial charge in [0.25, 0.3) is 0 Å². The van der Waals surface area contributed by atoms with Crippen molar-refractivity contribution in [2.75, 3.05) is 0 Å². The highest BCUT2D eigenvalue weighted by atomic mass is 79.9. The molecule has 0 aromatic carbocycles. The van der Waals surface area contributed by atoms with Gasteiger partial charge in [-0.1, -0.05) is 27.7 Å². The van der Waals surface area contributed by atoms with E-state index in [1.54, 1.807) is 0 Å². The first-order valence-electron chi connectivity index (χ1n) is 5.22. The van der Waals surface area contributed by atoms with E-state index in [2.05, 4.69) is 34.8 Å². The minimum absolute atomic E-state index is 0.462. The van der Waals surface area contributed by atoms with Gasteiger partial charge in [0.2, 0.25) is 0 Å². The van der Waals surface area contributed by atoms with E-state index < -0.39 is 0 Å². The summed E-state index contributed by atoms with van der Waals surface area (Å²) >= 11 is 3.30. The highest BCUT2D eigenvalue weighted by molar-refractivity contribution is 9.10. The Morgan fingerprint density at radius 3 is 2.60 bits per heavy atom. The van der Waals surface area contributed by atoms with Crippen LogP contribution in [0.2, 0.25) is 0 Å². The molecule has 0 amide bonds. The summed E-state index contributed by atoms with van der Waals surface area (Å²) in [6, 6.07) is 3.89. The third kappa shape index (κ3) is 2.59. The van der Waals surface area contributed by atoms with Gasteiger partial charge < -0.3 is 4.42 Å². The van der Waals surface area contributed by atoms with Crippen LogP contribution in [0.3, 0.4) is 0 Å². The molecule has 0 aliphatic heterocycles. The van der Waals surface area contributed by atoms with Crippen LogP contribution in [-0.2, 0) is 0 Å². The Morgan fingerprint density at radius 2 is 2.00 bits per heavy atom. The fourth-order valence-electron chi connectivity index (χ4n) is 1.38. The molecule has 0 saturated heterocycles. The fraction of sp³-hybridized carbons (Fsp3) is 0.417. The molecule has 0 saturated carbocycles. The maximum Gasteiger partial charge on any atom is 0.172 e. The lowest BCUT2D eigenvalue weighted by molar-refractivity contribution is 0.580. The summed E-state index contributed by atoms with van der Waals surface area (Å²) in [5, 5.41) is 0. The molecule has 0 aliphatic carbocycles. The molecule has 3 heteroatoms. The summed E-state index contributed by atoms with van der Waals surface area (Å²) in [6.45, 7) is 8.29. The zero-order valence-electron chi connectivity index (χ0n) is 9.54. The minimum atomic E-state index is 0.462.